The number of thiophene rings is 1. The average Bonchev–Trinajstić information content (AvgIpc) is 2.91. The molecule has 1 aromatic carbocycles. The SMILES string of the molecule is CC1(C)Cc2c(sc3c2c(N)nc(=O)n3Cc2ccc(Cl)cc2)CO1. The molecule has 0 saturated carbocycles. The Morgan fingerprint density at radius 1 is 1.36 bits per heavy atom. The second-order valence-corrected chi connectivity index (χ2v) is 8.42. The lowest BCUT2D eigenvalue weighted by Crippen LogP contribution is -2.31. The number of halogens is 1. The first-order valence-corrected chi connectivity index (χ1v) is 9.22. The number of anilines is 1. The van der Waals surface area contributed by atoms with E-state index < -0.39 is 0 Å². The normalized spacial score (nSPS) is 16.1. The van der Waals surface area contributed by atoms with E-state index in [2.05, 4.69) is 18.8 Å². The van der Waals surface area contributed by atoms with E-state index >= 15 is 0 Å². The van der Waals surface area contributed by atoms with Crippen molar-refractivity contribution in [2.24, 2.45) is 0 Å². The summed E-state index contributed by atoms with van der Waals surface area (Å²) in [4.78, 5) is 18.5. The second-order valence-electron chi connectivity index (χ2n) is 6.90. The van der Waals surface area contributed by atoms with Crippen molar-refractivity contribution in [1.29, 1.82) is 0 Å². The average molecular weight is 376 g/mol. The van der Waals surface area contributed by atoms with Crippen LogP contribution < -0.4 is 11.4 Å². The fourth-order valence-electron chi connectivity index (χ4n) is 3.21. The lowest BCUT2D eigenvalue weighted by Gasteiger charge is -2.30. The summed E-state index contributed by atoms with van der Waals surface area (Å²) in [6.45, 7) is 5.10. The third-order valence-electron chi connectivity index (χ3n) is 4.47. The number of fused-ring (bicyclic) bond motifs is 3. The smallest absolute Gasteiger partial charge is 0.350 e. The molecule has 0 fully saturated rings. The minimum atomic E-state index is -0.335. The number of ether oxygens (including phenoxy) is 1. The van der Waals surface area contributed by atoms with E-state index in [-0.39, 0.29) is 11.3 Å². The van der Waals surface area contributed by atoms with Crippen molar-refractivity contribution >= 4 is 39.0 Å². The molecular weight excluding hydrogens is 358 g/mol. The van der Waals surface area contributed by atoms with Gasteiger partial charge in [0.1, 0.15) is 10.6 Å². The van der Waals surface area contributed by atoms with Gasteiger partial charge in [-0.25, -0.2) is 4.79 Å². The van der Waals surface area contributed by atoms with Gasteiger partial charge in [0.05, 0.1) is 24.1 Å². The highest BCUT2D eigenvalue weighted by molar-refractivity contribution is 7.19. The fourth-order valence-corrected chi connectivity index (χ4v) is 4.57. The number of nitrogen functional groups attached to an aromatic ring is 1. The Kier molecular flexibility index (Phi) is 3.86. The maximum atomic E-state index is 12.5. The van der Waals surface area contributed by atoms with Crippen molar-refractivity contribution in [3.8, 4) is 0 Å². The topological polar surface area (TPSA) is 70.1 Å². The molecule has 5 nitrogen and oxygen atoms in total. The molecule has 0 radical (unpaired) electrons. The highest BCUT2D eigenvalue weighted by Crippen LogP contribution is 2.40. The van der Waals surface area contributed by atoms with Crippen molar-refractivity contribution in [2.45, 2.75) is 39.0 Å². The molecule has 130 valence electrons. The van der Waals surface area contributed by atoms with E-state index in [1.54, 1.807) is 15.9 Å². The van der Waals surface area contributed by atoms with Crippen LogP contribution in [0.1, 0.15) is 29.9 Å². The maximum absolute atomic E-state index is 12.5. The number of benzene rings is 1. The van der Waals surface area contributed by atoms with Gasteiger partial charge < -0.3 is 10.5 Å². The summed E-state index contributed by atoms with van der Waals surface area (Å²) in [5, 5.41) is 1.56. The largest absolute Gasteiger partial charge is 0.383 e. The van der Waals surface area contributed by atoms with Crippen LogP contribution in [0.25, 0.3) is 10.2 Å². The number of nitrogens with two attached hydrogens (primary N) is 1. The summed E-state index contributed by atoms with van der Waals surface area (Å²) in [7, 11) is 0. The Labute approximate surface area is 154 Å². The van der Waals surface area contributed by atoms with Crippen LogP contribution in [0.3, 0.4) is 0 Å². The van der Waals surface area contributed by atoms with E-state index in [0.717, 1.165) is 32.6 Å². The van der Waals surface area contributed by atoms with E-state index in [1.165, 1.54) is 0 Å². The van der Waals surface area contributed by atoms with Gasteiger partial charge in [0.2, 0.25) is 0 Å². The molecule has 7 heteroatoms. The fraction of sp³-hybridized carbons (Fsp3) is 0.333. The Hall–Kier alpha value is -1.89. The van der Waals surface area contributed by atoms with Crippen LogP contribution in [-0.4, -0.2) is 15.2 Å². The molecule has 1 aliphatic heterocycles. The number of hydrogen-bond acceptors (Lipinski definition) is 5. The maximum Gasteiger partial charge on any atom is 0.350 e. The lowest BCUT2D eigenvalue weighted by molar-refractivity contribution is -0.0379. The second kappa shape index (κ2) is 5.83. The molecule has 0 aliphatic carbocycles. The van der Waals surface area contributed by atoms with Gasteiger partial charge in [-0.05, 0) is 37.1 Å². The summed E-state index contributed by atoms with van der Waals surface area (Å²) in [5.41, 5.74) is 7.69. The molecule has 0 unspecified atom stereocenters. The third kappa shape index (κ3) is 2.94. The predicted octanol–water partition coefficient (Wildman–Crippen LogP) is 3.59. The number of rotatable bonds is 2. The van der Waals surface area contributed by atoms with Gasteiger partial charge >= 0.3 is 5.69 Å². The van der Waals surface area contributed by atoms with E-state index in [0.29, 0.717) is 24.0 Å². The van der Waals surface area contributed by atoms with Crippen molar-refractivity contribution in [3.05, 3.63) is 55.8 Å². The first kappa shape index (κ1) is 16.6. The highest BCUT2D eigenvalue weighted by atomic mass is 35.5. The van der Waals surface area contributed by atoms with Gasteiger partial charge in [-0.1, -0.05) is 23.7 Å². The Morgan fingerprint density at radius 2 is 2.08 bits per heavy atom. The van der Waals surface area contributed by atoms with Crippen molar-refractivity contribution in [1.82, 2.24) is 9.55 Å². The van der Waals surface area contributed by atoms with Crippen molar-refractivity contribution in [3.63, 3.8) is 0 Å². The Morgan fingerprint density at radius 3 is 2.80 bits per heavy atom. The van der Waals surface area contributed by atoms with Crippen LogP contribution in [0.5, 0.6) is 0 Å². The first-order valence-electron chi connectivity index (χ1n) is 8.03. The number of aromatic nitrogens is 2. The first-order chi connectivity index (χ1) is 11.8. The zero-order valence-corrected chi connectivity index (χ0v) is 15.6. The molecule has 0 amide bonds. The molecule has 25 heavy (non-hydrogen) atoms. The molecule has 0 spiro atoms. The molecular formula is C18H18ClN3O2S. The minimum Gasteiger partial charge on any atom is -0.383 e. The zero-order chi connectivity index (χ0) is 17.8. The van der Waals surface area contributed by atoms with E-state index in [1.807, 2.05) is 24.3 Å². The van der Waals surface area contributed by atoms with Gasteiger partial charge in [-0.15, -0.1) is 11.3 Å². The van der Waals surface area contributed by atoms with E-state index in [9.17, 15) is 4.79 Å². The summed E-state index contributed by atoms with van der Waals surface area (Å²) in [6.07, 6.45) is 0.757. The molecule has 4 rings (SSSR count). The summed E-state index contributed by atoms with van der Waals surface area (Å²) in [5.74, 6) is 0.308. The molecule has 1 aliphatic rings. The molecule has 3 aromatic rings. The van der Waals surface area contributed by atoms with Crippen molar-refractivity contribution in [2.75, 3.05) is 5.73 Å². The molecule has 2 N–H and O–H groups in total. The molecule has 0 atom stereocenters. The Balaban J connectivity index is 1.89. The van der Waals surface area contributed by atoms with Crippen LogP contribution in [0.4, 0.5) is 5.82 Å². The zero-order valence-electron chi connectivity index (χ0n) is 14.0. The van der Waals surface area contributed by atoms with Crippen LogP contribution in [0, 0.1) is 0 Å². The lowest BCUT2D eigenvalue weighted by atomic mass is 9.94. The monoisotopic (exact) mass is 375 g/mol. The van der Waals surface area contributed by atoms with Crippen LogP contribution in [0.2, 0.25) is 5.02 Å². The van der Waals surface area contributed by atoms with Crippen LogP contribution >= 0.6 is 22.9 Å². The molecule has 0 bridgehead atoms. The van der Waals surface area contributed by atoms with Crippen molar-refractivity contribution < 1.29 is 4.74 Å². The van der Waals surface area contributed by atoms with E-state index in [4.69, 9.17) is 22.1 Å². The van der Waals surface area contributed by atoms with Gasteiger partial charge in [-0.3, -0.25) is 4.57 Å². The summed E-state index contributed by atoms with van der Waals surface area (Å²) < 4.78 is 7.60. The van der Waals surface area contributed by atoms with Gasteiger partial charge in [0.25, 0.3) is 0 Å². The molecule has 2 aromatic heterocycles. The third-order valence-corrected chi connectivity index (χ3v) is 5.95. The predicted molar refractivity (Wildman–Crippen MR) is 101 cm³/mol. The standard InChI is InChI=1S/C18H18ClN3O2S/c1-18(2)7-12-13(9-24-18)25-16-14(12)15(20)21-17(23)22(16)8-10-3-5-11(19)6-4-10/h3-6H,7-9H2,1-2H3,(H2,20,21,23). The molecule has 0 saturated heterocycles. The van der Waals surface area contributed by atoms with Crippen LogP contribution in [-0.2, 0) is 24.3 Å². The number of nitrogens with zero attached hydrogens (tertiary/aromatic N) is 2. The molecule has 3 heterocycles. The quantitative estimate of drug-likeness (QED) is 0.743. The highest BCUT2D eigenvalue weighted by Gasteiger charge is 2.31. The van der Waals surface area contributed by atoms with Gasteiger partial charge in [-0.2, -0.15) is 4.98 Å². The van der Waals surface area contributed by atoms with Gasteiger partial charge in [0, 0.05) is 16.3 Å². The van der Waals surface area contributed by atoms with Gasteiger partial charge in [0.15, 0.2) is 0 Å². The summed E-state index contributed by atoms with van der Waals surface area (Å²) in [6, 6.07) is 7.46. The summed E-state index contributed by atoms with van der Waals surface area (Å²) >= 11 is 7.52. The minimum absolute atomic E-state index is 0.245. The van der Waals surface area contributed by atoms with Crippen LogP contribution in [0.15, 0.2) is 29.1 Å². The Bertz CT molecular complexity index is 1020. The number of hydrogen-bond donors (Lipinski definition) is 1.